The summed E-state index contributed by atoms with van der Waals surface area (Å²) in [6, 6.07) is 21.0. The van der Waals surface area contributed by atoms with Crippen LogP contribution in [0.25, 0.3) is 33.2 Å². The number of nitrogens with zero attached hydrogens (tertiary/aromatic N) is 5. The van der Waals surface area contributed by atoms with Gasteiger partial charge in [-0.3, -0.25) is 19.2 Å². The molecule has 11 rings (SSSR count). The summed E-state index contributed by atoms with van der Waals surface area (Å²) in [5.41, 5.74) is 2.69. The van der Waals surface area contributed by atoms with Crippen molar-refractivity contribution < 1.29 is 28.6 Å². The molecule has 14 nitrogen and oxygen atoms in total. The number of anilines is 1. The van der Waals surface area contributed by atoms with Crippen molar-refractivity contribution in [2.24, 2.45) is 0 Å². The highest BCUT2D eigenvalue weighted by Crippen LogP contribution is 2.46. The highest BCUT2D eigenvalue weighted by atomic mass is 19.1. The quantitative estimate of drug-likeness (QED) is 0.169. The van der Waals surface area contributed by atoms with Crippen molar-refractivity contribution in [3.63, 3.8) is 0 Å². The number of aromatic nitrogens is 2. The molecule has 0 radical (unpaired) electrons. The molecule has 5 aliphatic heterocycles. The molecule has 6 aromatic rings. The third-order valence-corrected chi connectivity index (χ3v) is 12.7. The molecule has 0 saturated carbocycles. The number of aliphatic hydroxyl groups excluding tert-OH is 1. The third-order valence-electron chi connectivity index (χ3n) is 12.7. The molecule has 3 saturated heterocycles. The monoisotopic (exact) mass is 853 g/mol. The predicted octanol–water partition coefficient (Wildman–Crippen LogP) is 5.55. The van der Waals surface area contributed by atoms with Crippen LogP contribution < -0.4 is 35.9 Å². The smallest absolute Gasteiger partial charge is 0.256 e. The van der Waals surface area contributed by atoms with E-state index < -0.39 is 17.2 Å². The number of β-amino-alcohol motifs (C(OH)–C–C–N with tert-alkyl or cyclic N) is 1. The summed E-state index contributed by atoms with van der Waals surface area (Å²) in [6.07, 6.45) is 8.21. The number of halogens is 1. The van der Waals surface area contributed by atoms with Gasteiger partial charge in [-0.25, -0.2) is 4.39 Å². The van der Waals surface area contributed by atoms with Crippen LogP contribution in [0.4, 0.5) is 10.1 Å². The minimum absolute atomic E-state index is 0.000656. The van der Waals surface area contributed by atoms with Crippen LogP contribution in [0.5, 0.6) is 23.0 Å². The molecule has 324 valence electrons. The maximum absolute atomic E-state index is 14.4. The lowest BCUT2D eigenvalue weighted by Crippen LogP contribution is -2.36. The first-order chi connectivity index (χ1) is 30.7. The number of aliphatic hydroxyl groups is 1. The average Bonchev–Trinajstić information content (AvgIpc) is 4.11. The predicted molar refractivity (Wildman–Crippen MR) is 238 cm³/mol. The Morgan fingerprint density at radius 2 is 1.13 bits per heavy atom. The number of ether oxygens (including phenoxy) is 2. The minimum atomic E-state index is -0.553. The molecule has 0 bridgehead atoms. The second-order valence-electron chi connectivity index (χ2n) is 16.7. The molecule has 3 N–H and O–H groups in total. The third kappa shape index (κ3) is 7.59. The van der Waals surface area contributed by atoms with Crippen LogP contribution in [-0.2, 0) is 0 Å². The Balaban J connectivity index is 0.000000152. The first-order valence-corrected chi connectivity index (χ1v) is 21.8. The fraction of sp³-hybridized carbons (Fsp3) is 0.333. The Hall–Kier alpha value is -6.55. The number of hydrogen-bond acceptors (Lipinski definition) is 10. The second kappa shape index (κ2) is 17.0. The molecule has 5 aliphatic rings. The Morgan fingerprint density at radius 3 is 1.65 bits per heavy atom. The number of likely N-dealkylation sites (tertiary alicyclic amines) is 2. The van der Waals surface area contributed by atoms with Crippen LogP contribution >= 0.6 is 0 Å². The van der Waals surface area contributed by atoms with Crippen molar-refractivity contribution in [2.75, 3.05) is 70.3 Å². The van der Waals surface area contributed by atoms with E-state index in [1.54, 1.807) is 29.0 Å². The van der Waals surface area contributed by atoms with Crippen molar-refractivity contribution in [3.8, 4) is 34.4 Å². The van der Waals surface area contributed by atoms with E-state index >= 15 is 0 Å². The molecule has 1 unspecified atom stereocenters. The van der Waals surface area contributed by atoms with Gasteiger partial charge in [-0.05, 0) is 107 Å². The molecule has 1 atom stereocenters. The number of benzene rings is 4. The number of hydrogen-bond donors (Lipinski definition) is 3. The summed E-state index contributed by atoms with van der Waals surface area (Å²) >= 11 is 0. The van der Waals surface area contributed by atoms with Gasteiger partial charge in [-0.1, -0.05) is 24.3 Å². The van der Waals surface area contributed by atoms with Gasteiger partial charge >= 0.3 is 0 Å². The molecule has 15 heteroatoms. The molecular formula is C48H48FN7O7. The first-order valence-electron chi connectivity index (χ1n) is 21.8. The number of nitrogens with one attached hydrogen (secondary N) is 2. The summed E-state index contributed by atoms with van der Waals surface area (Å²) in [5, 5.41) is 16.5. The van der Waals surface area contributed by atoms with Gasteiger partial charge in [0.1, 0.15) is 22.2 Å². The van der Waals surface area contributed by atoms with Crippen molar-refractivity contribution in [2.45, 2.75) is 38.2 Å². The lowest BCUT2D eigenvalue weighted by molar-refractivity contribution is 0.0940. The van der Waals surface area contributed by atoms with Gasteiger partial charge in [-0.2, -0.15) is 0 Å². The average molecular weight is 854 g/mol. The highest BCUT2D eigenvalue weighted by Gasteiger charge is 2.31. The van der Waals surface area contributed by atoms with Crippen LogP contribution in [-0.4, -0.2) is 107 Å². The number of pyridine rings is 2. The normalized spacial score (nSPS) is 17.4. The molecule has 63 heavy (non-hydrogen) atoms. The van der Waals surface area contributed by atoms with Gasteiger partial charge in [0.25, 0.3) is 11.8 Å². The zero-order valence-corrected chi connectivity index (χ0v) is 34.8. The Kier molecular flexibility index (Phi) is 10.9. The van der Waals surface area contributed by atoms with Crippen molar-refractivity contribution in [1.29, 1.82) is 0 Å². The lowest BCUT2D eigenvalue weighted by Gasteiger charge is -2.28. The molecule has 2 aromatic heterocycles. The summed E-state index contributed by atoms with van der Waals surface area (Å²) in [4.78, 5) is 59.0. The topological polar surface area (TPSA) is 151 Å². The molecule has 4 aromatic carbocycles. The fourth-order valence-corrected chi connectivity index (χ4v) is 9.42. The molecular weight excluding hydrogens is 806 g/mol. The molecule has 0 spiro atoms. The van der Waals surface area contributed by atoms with Gasteiger partial charge in [0.2, 0.25) is 10.9 Å². The van der Waals surface area contributed by atoms with Gasteiger partial charge in [0.05, 0.1) is 33.9 Å². The lowest BCUT2D eigenvalue weighted by atomic mass is 10.1. The van der Waals surface area contributed by atoms with E-state index in [1.807, 2.05) is 47.0 Å². The highest BCUT2D eigenvalue weighted by molar-refractivity contribution is 6.02. The summed E-state index contributed by atoms with van der Waals surface area (Å²) in [7, 11) is 0. The van der Waals surface area contributed by atoms with Crippen molar-refractivity contribution >= 4 is 39.3 Å². The van der Waals surface area contributed by atoms with E-state index in [4.69, 9.17) is 9.47 Å². The molecule has 2 amide bonds. The number of rotatable bonds is 9. The Morgan fingerprint density at radius 1 is 0.635 bits per heavy atom. The van der Waals surface area contributed by atoms with Crippen LogP contribution in [0, 0.1) is 5.82 Å². The van der Waals surface area contributed by atoms with E-state index in [0.717, 1.165) is 50.6 Å². The summed E-state index contributed by atoms with van der Waals surface area (Å²) < 4.78 is 30.0. The largest absolute Gasteiger partial charge is 0.451 e. The maximum Gasteiger partial charge on any atom is 0.256 e. The number of fused-ring (bicyclic) bond motifs is 4. The first kappa shape index (κ1) is 40.5. The van der Waals surface area contributed by atoms with Gasteiger partial charge in [-0.15, -0.1) is 0 Å². The zero-order chi connectivity index (χ0) is 43.2. The maximum atomic E-state index is 14.4. The number of amides is 2. The van der Waals surface area contributed by atoms with E-state index in [0.29, 0.717) is 72.0 Å². The Bertz CT molecular complexity index is 2900. The minimum Gasteiger partial charge on any atom is -0.451 e. The molecule has 3 fully saturated rings. The fourth-order valence-electron chi connectivity index (χ4n) is 9.42. The number of carbonyl (C=O) groups excluding carboxylic acids is 2. The van der Waals surface area contributed by atoms with Crippen LogP contribution in [0.2, 0.25) is 0 Å². The van der Waals surface area contributed by atoms with Gasteiger partial charge in [0, 0.05) is 51.7 Å². The van der Waals surface area contributed by atoms with Crippen LogP contribution in [0.3, 0.4) is 0 Å². The molecule has 7 heterocycles. The SMILES string of the molecule is O=C(NCCN1CCCC1)c1cn2c3c(c(F)ccc3c1=O)Oc1ccccc1-2.O=C(NCCN1CCCC1)c1cn2c3c(c(N4CCC(O)C4)ccc3c1=O)Oc1ccccc1-2. The van der Waals surface area contributed by atoms with E-state index in [1.165, 1.54) is 44.0 Å². The zero-order valence-electron chi connectivity index (χ0n) is 34.8. The summed E-state index contributed by atoms with van der Waals surface area (Å²) in [6.45, 7) is 8.00. The summed E-state index contributed by atoms with van der Waals surface area (Å²) in [5.74, 6) is 0.385. The van der Waals surface area contributed by atoms with E-state index in [9.17, 15) is 28.7 Å². The Labute approximate surface area is 362 Å². The van der Waals surface area contributed by atoms with E-state index in [-0.39, 0.29) is 39.7 Å². The van der Waals surface area contributed by atoms with Crippen LogP contribution in [0.15, 0.2) is 94.8 Å². The van der Waals surface area contributed by atoms with Gasteiger partial charge in [0.15, 0.2) is 28.8 Å². The molecule has 0 aliphatic carbocycles. The van der Waals surface area contributed by atoms with Crippen LogP contribution in [0.1, 0.15) is 52.8 Å². The standard InChI is InChI=1S/C26H28N4O4.C22H20FN3O3/c31-17-9-13-29(15-17)21-8-7-18-23-25(21)34-22-6-2-1-5-20(22)30(23)16-19(24(18)32)26(33)27-10-14-28-11-3-4-12-28;23-16-8-7-14-19-21(16)29-18-6-2-1-5-17(18)26(19)13-15(20(14)27)22(28)24-9-12-25-10-3-4-11-25/h1-2,5-8,16-17,31H,3-4,9-15H2,(H,27,33);1-2,5-8,13H,3-4,9-12H2,(H,24,28). The van der Waals surface area contributed by atoms with E-state index in [2.05, 4.69) is 25.3 Å². The second-order valence-corrected chi connectivity index (χ2v) is 16.7. The van der Waals surface area contributed by atoms with Crippen molar-refractivity contribution in [3.05, 3.63) is 123 Å². The van der Waals surface area contributed by atoms with Gasteiger partial charge < -0.3 is 49.0 Å². The number of carbonyl (C=O) groups is 2. The van der Waals surface area contributed by atoms with Crippen molar-refractivity contribution in [1.82, 2.24) is 29.6 Å². The number of para-hydroxylation sites is 4.